The van der Waals surface area contributed by atoms with E-state index < -0.39 is 5.91 Å². The molecule has 0 unspecified atom stereocenters. The molecule has 140 valence electrons. The molecule has 1 aromatic heterocycles. The summed E-state index contributed by atoms with van der Waals surface area (Å²) in [4.78, 5) is 11.2. The van der Waals surface area contributed by atoms with Gasteiger partial charge in [0.2, 0.25) is 5.91 Å². The van der Waals surface area contributed by atoms with Crippen molar-refractivity contribution in [3.8, 4) is 17.1 Å². The fourth-order valence-electron chi connectivity index (χ4n) is 2.66. The van der Waals surface area contributed by atoms with E-state index in [9.17, 15) is 4.79 Å². The minimum Gasteiger partial charge on any atom is -0.369 e. The van der Waals surface area contributed by atoms with E-state index in [-0.39, 0.29) is 11.2 Å². The Morgan fingerprint density at radius 1 is 1.11 bits per heavy atom. The smallest absolute Gasteiger partial charge is 0.227 e. The molecule has 2 N–H and O–H groups in total. The van der Waals surface area contributed by atoms with Crippen LogP contribution in [0.5, 0.6) is 0 Å². The molecule has 3 aromatic rings. The molecule has 1 heterocycles. The number of halogens is 1. The maximum Gasteiger partial charge on any atom is 0.227 e. The third kappa shape index (κ3) is 4.34. The minimum absolute atomic E-state index is 0.0669. The van der Waals surface area contributed by atoms with Crippen LogP contribution in [-0.2, 0) is 10.2 Å². The van der Waals surface area contributed by atoms with E-state index in [4.69, 9.17) is 17.3 Å². The van der Waals surface area contributed by atoms with Gasteiger partial charge in [-0.05, 0) is 23.1 Å². The van der Waals surface area contributed by atoms with Gasteiger partial charge in [0.15, 0.2) is 11.0 Å². The molecule has 0 spiro atoms. The van der Waals surface area contributed by atoms with Crippen molar-refractivity contribution in [2.75, 3.05) is 5.75 Å². The maximum absolute atomic E-state index is 11.2. The number of amides is 1. The van der Waals surface area contributed by atoms with E-state index in [0.717, 1.165) is 11.3 Å². The molecular formula is C20H21ClN4OS. The lowest BCUT2D eigenvalue weighted by Crippen LogP contribution is -2.13. The molecule has 0 saturated carbocycles. The van der Waals surface area contributed by atoms with Crippen molar-refractivity contribution in [2.24, 2.45) is 5.73 Å². The van der Waals surface area contributed by atoms with Crippen LogP contribution in [0.2, 0.25) is 5.02 Å². The summed E-state index contributed by atoms with van der Waals surface area (Å²) < 4.78 is 1.86. The number of carbonyl (C=O) groups is 1. The van der Waals surface area contributed by atoms with Gasteiger partial charge < -0.3 is 5.73 Å². The Labute approximate surface area is 167 Å². The number of hydrogen-bond acceptors (Lipinski definition) is 4. The summed E-state index contributed by atoms with van der Waals surface area (Å²) in [6.07, 6.45) is 0. The highest BCUT2D eigenvalue weighted by atomic mass is 35.5. The van der Waals surface area contributed by atoms with Crippen molar-refractivity contribution in [1.29, 1.82) is 0 Å². The van der Waals surface area contributed by atoms with Crippen LogP contribution < -0.4 is 5.73 Å². The number of rotatable bonds is 5. The molecule has 5 nitrogen and oxygen atoms in total. The Morgan fingerprint density at radius 2 is 1.78 bits per heavy atom. The molecule has 0 aliphatic rings. The summed E-state index contributed by atoms with van der Waals surface area (Å²) in [6, 6.07) is 15.7. The summed E-state index contributed by atoms with van der Waals surface area (Å²) in [5, 5.41) is 9.76. The van der Waals surface area contributed by atoms with E-state index in [2.05, 4.69) is 43.1 Å². The molecule has 3 rings (SSSR count). The SMILES string of the molecule is CC(C)(C)c1ccc(-c2nnc(SCC(N)=O)n2-c2ccccc2Cl)cc1. The highest BCUT2D eigenvalue weighted by molar-refractivity contribution is 7.99. The highest BCUT2D eigenvalue weighted by Gasteiger charge is 2.19. The van der Waals surface area contributed by atoms with Crippen LogP contribution in [0.25, 0.3) is 17.1 Å². The van der Waals surface area contributed by atoms with Crippen LogP contribution in [0, 0.1) is 0 Å². The molecule has 0 aliphatic carbocycles. The number of aromatic nitrogens is 3. The number of thioether (sulfide) groups is 1. The van der Waals surface area contributed by atoms with Gasteiger partial charge in [-0.25, -0.2) is 0 Å². The zero-order valence-corrected chi connectivity index (χ0v) is 17.0. The fourth-order valence-corrected chi connectivity index (χ4v) is 3.56. The molecule has 0 saturated heterocycles. The number of nitrogens with two attached hydrogens (primary N) is 1. The van der Waals surface area contributed by atoms with Gasteiger partial charge in [-0.3, -0.25) is 9.36 Å². The van der Waals surface area contributed by atoms with Gasteiger partial charge in [0.05, 0.1) is 16.5 Å². The van der Waals surface area contributed by atoms with E-state index in [1.54, 1.807) is 0 Å². The zero-order valence-electron chi connectivity index (χ0n) is 15.4. The Balaban J connectivity index is 2.10. The zero-order chi connectivity index (χ0) is 19.6. The van der Waals surface area contributed by atoms with Crippen LogP contribution >= 0.6 is 23.4 Å². The number of primary amides is 1. The summed E-state index contributed by atoms with van der Waals surface area (Å²) in [5.41, 5.74) is 8.27. The van der Waals surface area contributed by atoms with Crippen LogP contribution in [0.3, 0.4) is 0 Å². The van der Waals surface area contributed by atoms with Crippen molar-refractivity contribution in [3.05, 3.63) is 59.1 Å². The predicted octanol–water partition coefficient (Wildman–Crippen LogP) is 4.46. The second kappa shape index (κ2) is 7.74. The largest absolute Gasteiger partial charge is 0.369 e. The molecule has 1 amide bonds. The van der Waals surface area contributed by atoms with Gasteiger partial charge >= 0.3 is 0 Å². The van der Waals surface area contributed by atoms with Crippen molar-refractivity contribution in [3.63, 3.8) is 0 Å². The van der Waals surface area contributed by atoms with Gasteiger partial charge in [-0.15, -0.1) is 10.2 Å². The highest BCUT2D eigenvalue weighted by Crippen LogP contribution is 2.32. The van der Waals surface area contributed by atoms with E-state index in [0.29, 0.717) is 16.0 Å². The van der Waals surface area contributed by atoms with Crippen LogP contribution in [-0.4, -0.2) is 26.4 Å². The monoisotopic (exact) mass is 400 g/mol. The quantitative estimate of drug-likeness (QED) is 0.641. The topological polar surface area (TPSA) is 73.8 Å². The number of nitrogens with zero attached hydrogens (tertiary/aromatic N) is 3. The van der Waals surface area contributed by atoms with Crippen LogP contribution in [0.4, 0.5) is 0 Å². The Bertz CT molecular complexity index is 961. The molecule has 0 aliphatic heterocycles. The third-order valence-electron chi connectivity index (χ3n) is 4.08. The van der Waals surface area contributed by atoms with Crippen LogP contribution in [0.1, 0.15) is 26.3 Å². The molecule has 0 atom stereocenters. The Hall–Kier alpha value is -2.31. The second-order valence-corrected chi connectivity index (χ2v) is 8.53. The summed E-state index contributed by atoms with van der Waals surface area (Å²) in [7, 11) is 0. The normalized spacial score (nSPS) is 11.6. The predicted molar refractivity (Wildman–Crippen MR) is 110 cm³/mol. The van der Waals surface area contributed by atoms with E-state index in [1.165, 1.54) is 17.3 Å². The molecule has 2 aromatic carbocycles. The van der Waals surface area contributed by atoms with Gasteiger partial charge in [0, 0.05) is 5.56 Å². The van der Waals surface area contributed by atoms with Gasteiger partial charge in [0.25, 0.3) is 0 Å². The molecule has 0 bridgehead atoms. The second-order valence-electron chi connectivity index (χ2n) is 7.18. The summed E-state index contributed by atoms with van der Waals surface area (Å²) >= 11 is 7.66. The van der Waals surface area contributed by atoms with E-state index in [1.807, 2.05) is 41.0 Å². The molecule has 7 heteroatoms. The Morgan fingerprint density at radius 3 is 2.37 bits per heavy atom. The van der Waals surface area contributed by atoms with Gasteiger partial charge in [-0.1, -0.05) is 80.5 Å². The molecular weight excluding hydrogens is 380 g/mol. The lowest BCUT2D eigenvalue weighted by Gasteiger charge is -2.19. The first kappa shape index (κ1) is 19.5. The van der Waals surface area contributed by atoms with Crippen LogP contribution in [0.15, 0.2) is 53.7 Å². The number of hydrogen-bond donors (Lipinski definition) is 1. The van der Waals surface area contributed by atoms with E-state index >= 15 is 0 Å². The van der Waals surface area contributed by atoms with Crippen molar-refractivity contribution >= 4 is 29.3 Å². The molecule has 0 fully saturated rings. The average Bonchev–Trinajstić information content (AvgIpc) is 3.03. The Kier molecular flexibility index (Phi) is 5.58. The first-order valence-electron chi connectivity index (χ1n) is 8.49. The number of carbonyl (C=O) groups excluding carboxylic acids is 1. The third-order valence-corrected chi connectivity index (χ3v) is 5.35. The van der Waals surface area contributed by atoms with Crippen molar-refractivity contribution in [2.45, 2.75) is 31.3 Å². The standard InChI is InChI=1S/C20H21ClN4OS/c1-20(2,3)14-10-8-13(9-11-14)18-23-24-19(27-12-17(22)26)25(18)16-7-5-4-6-15(16)21/h4-11H,12H2,1-3H3,(H2,22,26). The summed E-state index contributed by atoms with van der Waals surface area (Å²) in [5.74, 6) is 0.367. The minimum atomic E-state index is -0.412. The van der Waals surface area contributed by atoms with Crippen molar-refractivity contribution < 1.29 is 4.79 Å². The molecule has 27 heavy (non-hydrogen) atoms. The number of para-hydroxylation sites is 1. The lowest BCUT2D eigenvalue weighted by atomic mass is 9.87. The van der Waals surface area contributed by atoms with Gasteiger partial charge in [-0.2, -0.15) is 0 Å². The fraction of sp³-hybridized carbons (Fsp3) is 0.250. The first-order valence-corrected chi connectivity index (χ1v) is 9.86. The lowest BCUT2D eigenvalue weighted by molar-refractivity contribution is -0.115. The molecule has 0 radical (unpaired) electrons. The number of benzene rings is 2. The summed E-state index contributed by atoms with van der Waals surface area (Å²) in [6.45, 7) is 6.52. The first-order chi connectivity index (χ1) is 12.8. The van der Waals surface area contributed by atoms with Crippen molar-refractivity contribution in [1.82, 2.24) is 14.8 Å². The van der Waals surface area contributed by atoms with Gasteiger partial charge in [0.1, 0.15) is 0 Å². The maximum atomic E-state index is 11.2. The average molecular weight is 401 g/mol.